The number of nitrogens with one attached hydrogen (secondary N) is 1. The Morgan fingerprint density at radius 2 is 2.00 bits per heavy atom. The minimum atomic E-state index is -3.59. The fourth-order valence-corrected chi connectivity index (χ4v) is 2.37. The Morgan fingerprint density at radius 3 is 2.67 bits per heavy atom. The SMILES string of the molecule is Nc1cc(S(=O)(=O)NCc2ccccn2)ccn1. The van der Waals surface area contributed by atoms with Gasteiger partial charge in [0.15, 0.2) is 0 Å². The predicted molar refractivity (Wildman–Crippen MR) is 66.9 cm³/mol. The van der Waals surface area contributed by atoms with E-state index in [0.29, 0.717) is 5.69 Å². The Labute approximate surface area is 105 Å². The van der Waals surface area contributed by atoms with Crippen molar-refractivity contribution in [2.24, 2.45) is 0 Å². The summed E-state index contributed by atoms with van der Waals surface area (Å²) in [5.41, 5.74) is 6.09. The second kappa shape index (κ2) is 5.11. The third kappa shape index (κ3) is 3.02. The molecule has 0 spiro atoms. The van der Waals surface area contributed by atoms with Crippen molar-refractivity contribution in [3.63, 3.8) is 0 Å². The topological polar surface area (TPSA) is 98.0 Å². The highest BCUT2D eigenvalue weighted by molar-refractivity contribution is 7.89. The van der Waals surface area contributed by atoms with Gasteiger partial charge in [0.1, 0.15) is 5.82 Å². The Kier molecular flexibility index (Phi) is 3.54. The average molecular weight is 264 g/mol. The molecule has 6 nitrogen and oxygen atoms in total. The van der Waals surface area contributed by atoms with Crippen molar-refractivity contribution < 1.29 is 8.42 Å². The summed E-state index contributed by atoms with van der Waals surface area (Å²) in [7, 11) is -3.59. The van der Waals surface area contributed by atoms with E-state index < -0.39 is 10.0 Å². The minimum absolute atomic E-state index is 0.0888. The number of anilines is 1. The standard InChI is InChI=1S/C11H12N4O2S/c12-11-7-10(4-6-14-11)18(16,17)15-8-9-3-1-2-5-13-9/h1-7,15H,8H2,(H2,12,14). The largest absolute Gasteiger partial charge is 0.384 e. The zero-order valence-corrected chi connectivity index (χ0v) is 10.3. The van der Waals surface area contributed by atoms with Gasteiger partial charge in [0.2, 0.25) is 10.0 Å². The Balaban J connectivity index is 2.13. The van der Waals surface area contributed by atoms with E-state index in [-0.39, 0.29) is 17.3 Å². The Morgan fingerprint density at radius 1 is 1.17 bits per heavy atom. The molecular formula is C11H12N4O2S. The summed E-state index contributed by atoms with van der Waals surface area (Å²) in [5, 5.41) is 0. The van der Waals surface area contributed by atoms with E-state index in [1.807, 2.05) is 0 Å². The van der Waals surface area contributed by atoms with Crippen LogP contribution in [0.2, 0.25) is 0 Å². The first-order valence-corrected chi connectivity index (χ1v) is 6.67. The molecule has 0 amide bonds. The highest BCUT2D eigenvalue weighted by Gasteiger charge is 2.14. The van der Waals surface area contributed by atoms with Crippen LogP contribution in [0.15, 0.2) is 47.6 Å². The van der Waals surface area contributed by atoms with Gasteiger partial charge in [0.05, 0.1) is 17.1 Å². The van der Waals surface area contributed by atoms with Gasteiger partial charge in [-0.3, -0.25) is 4.98 Å². The fraction of sp³-hybridized carbons (Fsp3) is 0.0909. The number of rotatable bonds is 4. The zero-order chi connectivity index (χ0) is 13.0. The van der Waals surface area contributed by atoms with E-state index in [9.17, 15) is 8.42 Å². The summed E-state index contributed by atoms with van der Waals surface area (Å²) in [6, 6.07) is 7.99. The van der Waals surface area contributed by atoms with Gasteiger partial charge >= 0.3 is 0 Å². The molecule has 0 radical (unpaired) electrons. The van der Waals surface area contributed by atoms with Crippen molar-refractivity contribution in [1.82, 2.24) is 14.7 Å². The van der Waals surface area contributed by atoms with E-state index in [0.717, 1.165) is 0 Å². The number of nitrogens with two attached hydrogens (primary N) is 1. The molecule has 2 rings (SSSR count). The van der Waals surface area contributed by atoms with Gasteiger partial charge in [-0.25, -0.2) is 18.1 Å². The molecule has 0 saturated carbocycles. The van der Waals surface area contributed by atoms with E-state index in [1.165, 1.54) is 18.3 Å². The van der Waals surface area contributed by atoms with Crippen molar-refractivity contribution in [3.8, 4) is 0 Å². The van der Waals surface area contributed by atoms with Crippen LogP contribution in [-0.4, -0.2) is 18.4 Å². The first-order valence-electron chi connectivity index (χ1n) is 5.19. The lowest BCUT2D eigenvalue weighted by Gasteiger charge is -2.06. The molecule has 3 N–H and O–H groups in total. The minimum Gasteiger partial charge on any atom is -0.384 e. The molecule has 2 aromatic heterocycles. The maximum atomic E-state index is 11.9. The number of pyridine rings is 2. The molecule has 94 valence electrons. The van der Waals surface area contributed by atoms with Crippen molar-refractivity contribution in [2.45, 2.75) is 11.4 Å². The van der Waals surface area contributed by atoms with Crippen LogP contribution < -0.4 is 10.5 Å². The molecule has 0 aliphatic rings. The molecule has 2 aromatic rings. The number of hydrogen-bond donors (Lipinski definition) is 2. The van der Waals surface area contributed by atoms with E-state index in [4.69, 9.17) is 5.73 Å². The highest BCUT2D eigenvalue weighted by atomic mass is 32.2. The number of nitrogens with zero attached hydrogens (tertiary/aromatic N) is 2. The molecule has 0 aromatic carbocycles. The van der Waals surface area contributed by atoms with Gasteiger partial charge in [0.25, 0.3) is 0 Å². The van der Waals surface area contributed by atoms with E-state index >= 15 is 0 Å². The van der Waals surface area contributed by atoms with Crippen molar-refractivity contribution >= 4 is 15.8 Å². The second-order valence-corrected chi connectivity index (χ2v) is 5.33. The molecule has 0 fully saturated rings. The molecule has 0 unspecified atom stereocenters. The van der Waals surface area contributed by atoms with E-state index in [2.05, 4.69) is 14.7 Å². The summed E-state index contributed by atoms with van der Waals surface area (Å²) in [5.74, 6) is 0.163. The van der Waals surface area contributed by atoms with Crippen molar-refractivity contribution in [2.75, 3.05) is 5.73 Å². The van der Waals surface area contributed by atoms with Gasteiger partial charge in [-0.15, -0.1) is 0 Å². The molecule has 0 aliphatic heterocycles. The fourth-order valence-electron chi connectivity index (χ4n) is 1.35. The third-order valence-electron chi connectivity index (χ3n) is 2.23. The van der Waals surface area contributed by atoms with Crippen LogP contribution in [-0.2, 0) is 16.6 Å². The highest BCUT2D eigenvalue weighted by Crippen LogP contribution is 2.10. The Bertz CT molecular complexity index is 629. The lowest BCUT2D eigenvalue weighted by Crippen LogP contribution is -2.23. The number of nitrogen functional groups attached to an aromatic ring is 1. The lowest BCUT2D eigenvalue weighted by molar-refractivity contribution is 0.580. The predicted octanol–water partition coefficient (Wildman–Crippen LogP) is 0.537. The second-order valence-electron chi connectivity index (χ2n) is 3.56. The first-order chi connectivity index (χ1) is 8.58. The maximum absolute atomic E-state index is 11.9. The molecule has 0 atom stereocenters. The Hall–Kier alpha value is -1.99. The van der Waals surface area contributed by atoms with Crippen LogP contribution in [0.1, 0.15) is 5.69 Å². The summed E-state index contributed by atoms with van der Waals surface area (Å²) >= 11 is 0. The third-order valence-corrected chi connectivity index (χ3v) is 3.63. The van der Waals surface area contributed by atoms with Gasteiger partial charge in [-0.1, -0.05) is 6.07 Å². The molecule has 0 saturated heterocycles. The zero-order valence-electron chi connectivity index (χ0n) is 9.45. The van der Waals surface area contributed by atoms with Crippen LogP contribution in [0.4, 0.5) is 5.82 Å². The molecule has 7 heteroatoms. The number of sulfonamides is 1. The molecule has 2 heterocycles. The van der Waals surface area contributed by atoms with Gasteiger partial charge < -0.3 is 5.73 Å². The summed E-state index contributed by atoms with van der Waals surface area (Å²) in [6.45, 7) is 0.130. The van der Waals surface area contributed by atoms with Gasteiger partial charge in [-0.2, -0.15) is 0 Å². The summed E-state index contributed by atoms with van der Waals surface area (Å²) in [4.78, 5) is 7.86. The molecule has 18 heavy (non-hydrogen) atoms. The van der Waals surface area contributed by atoms with Crippen LogP contribution in [0, 0.1) is 0 Å². The van der Waals surface area contributed by atoms with Crippen LogP contribution in [0.25, 0.3) is 0 Å². The van der Waals surface area contributed by atoms with E-state index in [1.54, 1.807) is 24.4 Å². The quantitative estimate of drug-likeness (QED) is 0.839. The van der Waals surface area contributed by atoms with Gasteiger partial charge in [0, 0.05) is 18.5 Å². The van der Waals surface area contributed by atoms with Crippen LogP contribution in [0.3, 0.4) is 0 Å². The molecule has 0 aliphatic carbocycles. The normalized spacial score (nSPS) is 11.3. The van der Waals surface area contributed by atoms with Gasteiger partial charge in [-0.05, 0) is 18.2 Å². The molecular weight excluding hydrogens is 252 g/mol. The molecule has 0 bridgehead atoms. The lowest BCUT2D eigenvalue weighted by atomic mass is 10.4. The smallest absolute Gasteiger partial charge is 0.241 e. The number of hydrogen-bond acceptors (Lipinski definition) is 5. The summed E-state index contributed by atoms with van der Waals surface area (Å²) in [6.07, 6.45) is 2.96. The first kappa shape index (κ1) is 12.5. The summed E-state index contributed by atoms with van der Waals surface area (Å²) < 4.78 is 26.3. The maximum Gasteiger partial charge on any atom is 0.241 e. The van der Waals surface area contributed by atoms with Crippen molar-refractivity contribution in [3.05, 3.63) is 48.4 Å². The van der Waals surface area contributed by atoms with Crippen LogP contribution >= 0.6 is 0 Å². The number of aromatic nitrogens is 2. The average Bonchev–Trinajstić information content (AvgIpc) is 2.38. The van der Waals surface area contributed by atoms with Crippen molar-refractivity contribution in [1.29, 1.82) is 0 Å². The monoisotopic (exact) mass is 264 g/mol. The van der Waals surface area contributed by atoms with Crippen LogP contribution in [0.5, 0.6) is 0 Å².